The number of hydrogen-bond acceptors (Lipinski definition) is 5. The number of aryl methyl sites for hydroxylation is 1. The van der Waals surface area contributed by atoms with E-state index in [2.05, 4.69) is 52.0 Å². The molecule has 0 unspecified atom stereocenters. The molecule has 0 spiro atoms. The highest BCUT2D eigenvalue weighted by Gasteiger charge is 2.07. The van der Waals surface area contributed by atoms with Crippen LogP contribution in [0.5, 0.6) is 0 Å². The average molecular weight is 402 g/mol. The van der Waals surface area contributed by atoms with E-state index < -0.39 is 4.92 Å². The molecule has 0 amide bonds. The quantitative estimate of drug-likeness (QED) is 0.270. The molecule has 0 fully saturated rings. The second-order valence-corrected chi connectivity index (χ2v) is 7.63. The van der Waals surface area contributed by atoms with E-state index in [9.17, 15) is 10.1 Å². The average Bonchev–Trinajstić information content (AvgIpc) is 3.05. The first-order chi connectivity index (χ1) is 14.1. The largest absolute Gasteiger partial charge is 0.311 e. The van der Waals surface area contributed by atoms with Crippen LogP contribution in [0.4, 0.5) is 5.69 Å². The van der Waals surface area contributed by atoms with Crippen LogP contribution in [0, 0.1) is 17.0 Å². The van der Waals surface area contributed by atoms with Gasteiger partial charge in [0, 0.05) is 17.7 Å². The normalized spacial score (nSPS) is 12.1. The fraction of sp³-hybridized carbons (Fsp3) is 0.0909. The Bertz CT molecular complexity index is 1270. The van der Waals surface area contributed by atoms with Crippen LogP contribution in [0.3, 0.4) is 0 Å². The molecule has 0 aliphatic heterocycles. The minimum atomic E-state index is -0.420. The molecule has 3 aromatic carbocycles. The highest BCUT2D eigenvalue weighted by atomic mass is 32.1. The predicted octanol–water partition coefficient (Wildman–Crippen LogP) is 4.90. The third-order valence-corrected chi connectivity index (χ3v) is 5.48. The van der Waals surface area contributed by atoms with E-state index >= 15 is 0 Å². The molecule has 1 aromatic heterocycles. The second kappa shape index (κ2) is 8.20. The maximum Gasteiger partial charge on any atom is 0.270 e. The molecule has 0 aliphatic rings. The highest BCUT2D eigenvalue weighted by molar-refractivity contribution is 7.16. The molecule has 4 rings (SSSR count). The summed E-state index contributed by atoms with van der Waals surface area (Å²) in [7, 11) is 0. The fourth-order valence-electron chi connectivity index (χ4n) is 3.04. The van der Waals surface area contributed by atoms with Crippen molar-refractivity contribution in [3.63, 3.8) is 0 Å². The van der Waals surface area contributed by atoms with Crippen molar-refractivity contribution in [2.45, 2.75) is 13.5 Å². The van der Waals surface area contributed by atoms with Crippen LogP contribution in [0.15, 0.2) is 83.0 Å². The molecule has 0 saturated carbocycles. The van der Waals surface area contributed by atoms with Gasteiger partial charge in [-0.05, 0) is 30.2 Å². The first kappa shape index (κ1) is 18.8. The van der Waals surface area contributed by atoms with Gasteiger partial charge in [-0.3, -0.25) is 10.1 Å². The van der Waals surface area contributed by atoms with Gasteiger partial charge in [-0.15, -0.1) is 5.10 Å². The number of hydrogen-bond donors (Lipinski definition) is 0. The van der Waals surface area contributed by atoms with Crippen molar-refractivity contribution in [3.05, 3.63) is 104 Å². The zero-order valence-electron chi connectivity index (χ0n) is 15.7. The summed E-state index contributed by atoms with van der Waals surface area (Å²) in [4.78, 5) is 11.3. The Morgan fingerprint density at radius 2 is 1.90 bits per heavy atom. The number of non-ortho nitro benzene ring substituents is 1. The van der Waals surface area contributed by atoms with E-state index in [1.54, 1.807) is 23.5 Å². The second-order valence-electron chi connectivity index (χ2n) is 6.62. The van der Waals surface area contributed by atoms with Gasteiger partial charge in [0.1, 0.15) is 0 Å². The highest BCUT2D eigenvalue weighted by Crippen LogP contribution is 2.20. The molecular formula is C22H18N4O2S. The molecule has 0 bridgehead atoms. The van der Waals surface area contributed by atoms with Crippen molar-refractivity contribution in [2.75, 3.05) is 0 Å². The van der Waals surface area contributed by atoms with E-state index in [-0.39, 0.29) is 5.69 Å². The summed E-state index contributed by atoms with van der Waals surface area (Å²) in [6.07, 6.45) is 1.54. The number of fused-ring (bicyclic) bond motifs is 1. The summed E-state index contributed by atoms with van der Waals surface area (Å²) in [5, 5.41) is 19.5. The van der Waals surface area contributed by atoms with Crippen molar-refractivity contribution in [2.24, 2.45) is 10.2 Å². The zero-order valence-corrected chi connectivity index (χ0v) is 16.5. The van der Waals surface area contributed by atoms with Crippen LogP contribution in [0.25, 0.3) is 10.2 Å². The minimum Gasteiger partial charge on any atom is -0.311 e. The van der Waals surface area contributed by atoms with Crippen LogP contribution >= 0.6 is 11.3 Å². The molecule has 1 heterocycles. The van der Waals surface area contributed by atoms with Crippen molar-refractivity contribution >= 4 is 33.5 Å². The van der Waals surface area contributed by atoms with Crippen LogP contribution in [-0.4, -0.2) is 15.7 Å². The van der Waals surface area contributed by atoms with Gasteiger partial charge in [0.05, 0.1) is 27.9 Å². The molecule has 0 saturated heterocycles. The molecule has 7 heteroatoms. The van der Waals surface area contributed by atoms with Gasteiger partial charge >= 0.3 is 0 Å². The maximum absolute atomic E-state index is 10.9. The van der Waals surface area contributed by atoms with E-state index in [0.29, 0.717) is 12.1 Å². The lowest BCUT2D eigenvalue weighted by atomic mass is 10.2. The van der Waals surface area contributed by atoms with Gasteiger partial charge < -0.3 is 4.57 Å². The molecule has 0 N–H and O–H groups in total. The third kappa shape index (κ3) is 4.30. The fourth-order valence-corrected chi connectivity index (χ4v) is 4.12. The Morgan fingerprint density at radius 3 is 2.69 bits per heavy atom. The lowest BCUT2D eigenvalue weighted by Crippen LogP contribution is -2.15. The summed E-state index contributed by atoms with van der Waals surface area (Å²) >= 11 is 1.57. The van der Waals surface area contributed by atoms with E-state index in [1.807, 2.05) is 18.2 Å². The van der Waals surface area contributed by atoms with Gasteiger partial charge in [-0.25, -0.2) is 0 Å². The van der Waals surface area contributed by atoms with E-state index in [0.717, 1.165) is 15.0 Å². The molecule has 0 radical (unpaired) electrons. The Kier molecular flexibility index (Phi) is 5.31. The third-order valence-electron chi connectivity index (χ3n) is 4.45. The van der Waals surface area contributed by atoms with E-state index in [1.165, 1.54) is 29.5 Å². The van der Waals surface area contributed by atoms with Crippen molar-refractivity contribution < 1.29 is 4.92 Å². The van der Waals surface area contributed by atoms with Gasteiger partial charge in [0.15, 0.2) is 0 Å². The van der Waals surface area contributed by atoms with Crippen LogP contribution < -0.4 is 4.80 Å². The number of rotatable bonds is 5. The molecule has 4 aromatic rings. The topological polar surface area (TPSA) is 72.8 Å². The molecule has 29 heavy (non-hydrogen) atoms. The molecule has 144 valence electrons. The molecule has 6 nitrogen and oxygen atoms in total. The number of aromatic nitrogens is 1. The summed E-state index contributed by atoms with van der Waals surface area (Å²) in [5.41, 5.74) is 4.14. The first-order valence-electron chi connectivity index (χ1n) is 9.05. The number of benzene rings is 3. The van der Waals surface area contributed by atoms with Gasteiger partial charge in [-0.2, -0.15) is 5.10 Å². The van der Waals surface area contributed by atoms with E-state index in [4.69, 9.17) is 0 Å². The Hall–Kier alpha value is -3.58. The van der Waals surface area contributed by atoms with Gasteiger partial charge in [-0.1, -0.05) is 59.9 Å². The number of thiazole rings is 1. The standard InChI is InChI=1S/C22H18N4O2S/c1-16-10-11-20-21(12-16)29-22(25(20)15-17-6-3-2-4-7-17)24-23-14-18-8-5-9-19(13-18)26(27)28/h2-14H,15H2,1H3/b23-14-,24-22-. The molecular weight excluding hydrogens is 384 g/mol. The van der Waals surface area contributed by atoms with Crippen molar-refractivity contribution in [1.29, 1.82) is 0 Å². The first-order valence-corrected chi connectivity index (χ1v) is 9.87. The van der Waals surface area contributed by atoms with Gasteiger partial charge in [0.2, 0.25) is 4.80 Å². The molecule has 0 aliphatic carbocycles. The number of nitro benzene ring substituents is 1. The SMILES string of the molecule is Cc1ccc2c(c1)s/c(=N\N=C/c1cccc([N+](=O)[O-])c1)n2Cc1ccccc1. The Labute approximate surface area is 171 Å². The van der Waals surface area contributed by atoms with Crippen LogP contribution in [0.2, 0.25) is 0 Å². The number of nitrogens with zero attached hydrogens (tertiary/aromatic N) is 4. The predicted molar refractivity (Wildman–Crippen MR) is 116 cm³/mol. The summed E-state index contributed by atoms with van der Waals surface area (Å²) in [6, 6.07) is 22.9. The smallest absolute Gasteiger partial charge is 0.270 e. The van der Waals surface area contributed by atoms with Crippen molar-refractivity contribution in [3.8, 4) is 0 Å². The summed E-state index contributed by atoms with van der Waals surface area (Å²) < 4.78 is 3.28. The minimum absolute atomic E-state index is 0.0328. The summed E-state index contributed by atoms with van der Waals surface area (Å²) in [6.45, 7) is 2.76. The van der Waals surface area contributed by atoms with Crippen LogP contribution in [0.1, 0.15) is 16.7 Å². The zero-order chi connectivity index (χ0) is 20.2. The Morgan fingerprint density at radius 1 is 1.07 bits per heavy atom. The molecule has 0 atom stereocenters. The maximum atomic E-state index is 10.9. The Balaban J connectivity index is 1.75. The lowest BCUT2D eigenvalue weighted by Gasteiger charge is -2.05. The van der Waals surface area contributed by atoms with Gasteiger partial charge in [0.25, 0.3) is 5.69 Å². The van der Waals surface area contributed by atoms with Crippen LogP contribution in [-0.2, 0) is 6.54 Å². The summed E-state index contributed by atoms with van der Waals surface area (Å²) in [5.74, 6) is 0. The number of nitro groups is 1. The lowest BCUT2D eigenvalue weighted by molar-refractivity contribution is -0.384. The van der Waals surface area contributed by atoms with Crippen molar-refractivity contribution in [1.82, 2.24) is 4.57 Å². The monoisotopic (exact) mass is 402 g/mol.